The third kappa shape index (κ3) is 2.18. The zero-order valence-electron chi connectivity index (χ0n) is 7.42. The van der Waals surface area contributed by atoms with Gasteiger partial charge in [0.15, 0.2) is 4.32 Å². The minimum atomic E-state index is -4.82. The van der Waals surface area contributed by atoms with Gasteiger partial charge in [0.1, 0.15) is 6.10 Å². The lowest BCUT2D eigenvalue weighted by atomic mass is 9.90. The summed E-state index contributed by atoms with van der Waals surface area (Å²) in [7, 11) is 0. The van der Waals surface area contributed by atoms with E-state index in [2.05, 4.69) is 31.9 Å². The monoisotopic (exact) mass is 364 g/mol. The first-order valence-corrected chi connectivity index (χ1v) is 5.45. The maximum Gasteiger partial charge on any atom is 0.410 e. The molecule has 0 saturated carbocycles. The molecule has 0 saturated heterocycles. The zero-order chi connectivity index (χ0) is 12.7. The topological polar surface area (TPSA) is 57.5 Å². The molecule has 0 spiro atoms. The molecule has 1 aliphatic rings. The summed E-state index contributed by atoms with van der Waals surface area (Å²) in [6.07, 6.45) is -5.42. The number of allylic oxidation sites excluding steroid dienone is 2. The van der Waals surface area contributed by atoms with Crippen molar-refractivity contribution in [2.45, 2.75) is 16.6 Å². The maximum atomic E-state index is 12.7. The van der Waals surface area contributed by atoms with Crippen molar-refractivity contribution in [3.05, 3.63) is 22.2 Å². The van der Waals surface area contributed by atoms with E-state index in [9.17, 15) is 23.1 Å². The summed E-state index contributed by atoms with van der Waals surface area (Å²) in [5.74, 6) is -1.61. The van der Waals surface area contributed by atoms with Crippen LogP contribution in [-0.2, 0) is 4.79 Å². The Kier molecular flexibility index (Phi) is 3.56. The predicted molar refractivity (Wildman–Crippen MR) is 56.4 cm³/mol. The molecule has 0 fully saturated rings. The van der Waals surface area contributed by atoms with Gasteiger partial charge in [-0.15, -0.1) is 0 Å². The number of aliphatic carboxylic acids is 1. The van der Waals surface area contributed by atoms with Crippen molar-refractivity contribution >= 4 is 37.8 Å². The lowest BCUT2D eigenvalue weighted by molar-refractivity contribution is -0.164. The maximum absolute atomic E-state index is 12.7. The van der Waals surface area contributed by atoms with Crippen LogP contribution in [0.25, 0.3) is 0 Å². The smallest absolute Gasteiger partial charge is 0.410 e. The molecule has 0 radical (unpaired) electrons. The van der Waals surface area contributed by atoms with Crippen LogP contribution in [0.15, 0.2) is 22.2 Å². The van der Waals surface area contributed by atoms with E-state index in [4.69, 9.17) is 5.11 Å². The molecule has 0 aliphatic heterocycles. The average Bonchev–Trinajstić information content (AvgIpc) is 2.08. The summed E-state index contributed by atoms with van der Waals surface area (Å²) in [6, 6.07) is 0. The summed E-state index contributed by atoms with van der Waals surface area (Å²) < 4.78 is 35.2. The third-order valence-electron chi connectivity index (χ3n) is 2.02. The number of carboxylic acids is 1. The Balaban J connectivity index is 3.29. The van der Waals surface area contributed by atoms with Crippen molar-refractivity contribution in [1.29, 1.82) is 0 Å². The van der Waals surface area contributed by atoms with E-state index in [0.29, 0.717) is 6.08 Å². The summed E-state index contributed by atoms with van der Waals surface area (Å²) in [5.41, 5.74) is -0.733. The Bertz CT molecular complexity index is 388. The quantitative estimate of drug-likeness (QED) is 0.701. The lowest BCUT2D eigenvalue weighted by Gasteiger charge is -2.34. The number of halogens is 5. The number of aliphatic hydroxyl groups is 1. The molecule has 0 bridgehead atoms. The van der Waals surface area contributed by atoms with E-state index in [1.807, 2.05) is 0 Å². The van der Waals surface area contributed by atoms with Crippen LogP contribution in [0.3, 0.4) is 0 Å². The average molecular weight is 366 g/mol. The van der Waals surface area contributed by atoms with E-state index < -0.39 is 28.1 Å². The molecule has 0 aromatic carbocycles. The summed E-state index contributed by atoms with van der Waals surface area (Å²) in [5, 5.41) is 18.1. The van der Waals surface area contributed by atoms with Crippen LogP contribution in [0, 0.1) is 0 Å². The number of rotatable bonds is 1. The van der Waals surface area contributed by atoms with E-state index in [-0.39, 0.29) is 4.48 Å². The van der Waals surface area contributed by atoms with Crippen LogP contribution in [0.1, 0.15) is 0 Å². The van der Waals surface area contributed by atoms with E-state index in [1.165, 1.54) is 0 Å². The van der Waals surface area contributed by atoms with Gasteiger partial charge in [0.2, 0.25) is 0 Å². The molecule has 90 valence electrons. The van der Waals surface area contributed by atoms with Crippen molar-refractivity contribution in [3.63, 3.8) is 0 Å². The van der Waals surface area contributed by atoms with Gasteiger partial charge in [-0.2, -0.15) is 13.2 Å². The Morgan fingerprint density at radius 1 is 1.50 bits per heavy atom. The molecular weight excluding hydrogens is 361 g/mol. The summed E-state index contributed by atoms with van der Waals surface area (Å²) in [6.45, 7) is 0. The number of hydrogen-bond donors (Lipinski definition) is 2. The number of carboxylic acid groups (broad SMARTS) is 1. The lowest BCUT2D eigenvalue weighted by Crippen LogP contribution is -2.51. The van der Waals surface area contributed by atoms with Gasteiger partial charge in [0, 0.05) is 4.48 Å². The summed E-state index contributed by atoms with van der Waals surface area (Å²) >= 11 is 5.12. The normalized spacial score (nSPS) is 30.8. The highest BCUT2D eigenvalue weighted by Crippen LogP contribution is 2.47. The first kappa shape index (κ1) is 13.7. The Morgan fingerprint density at radius 2 is 2.00 bits per heavy atom. The molecule has 1 rings (SSSR count). The molecule has 0 aromatic heterocycles. The predicted octanol–water partition coefficient (Wildman–Crippen LogP) is 2.35. The Hall–Kier alpha value is -0.340. The van der Waals surface area contributed by atoms with E-state index in [1.54, 1.807) is 0 Å². The molecule has 0 heterocycles. The van der Waals surface area contributed by atoms with Crippen LogP contribution in [0.4, 0.5) is 13.2 Å². The van der Waals surface area contributed by atoms with Gasteiger partial charge in [-0.25, -0.2) is 4.79 Å². The van der Waals surface area contributed by atoms with Gasteiger partial charge in [0.05, 0.1) is 5.57 Å². The van der Waals surface area contributed by atoms with Crippen molar-refractivity contribution in [2.24, 2.45) is 0 Å². The minimum absolute atomic E-state index is 0.0654. The molecule has 2 unspecified atom stereocenters. The van der Waals surface area contributed by atoms with Gasteiger partial charge >= 0.3 is 12.1 Å². The standard InChI is InChI=1S/C8H5Br2F3O3/c9-3-1-4(6(15)16)5(14)7(10,2-3)8(11,12)13/h1-2,5,14H,(H,15,16). The molecule has 16 heavy (non-hydrogen) atoms. The molecule has 0 amide bonds. The minimum Gasteiger partial charge on any atom is -0.478 e. The molecule has 3 nitrogen and oxygen atoms in total. The Labute approximate surface area is 105 Å². The van der Waals surface area contributed by atoms with Crippen molar-refractivity contribution < 1.29 is 28.2 Å². The van der Waals surface area contributed by atoms with Gasteiger partial charge in [0.25, 0.3) is 0 Å². The number of alkyl halides is 4. The van der Waals surface area contributed by atoms with Gasteiger partial charge in [-0.3, -0.25) is 0 Å². The van der Waals surface area contributed by atoms with Crippen LogP contribution in [0.2, 0.25) is 0 Å². The van der Waals surface area contributed by atoms with Gasteiger partial charge in [-0.1, -0.05) is 31.9 Å². The third-order valence-corrected chi connectivity index (χ3v) is 3.59. The highest BCUT2D eigenvalue weighted by molar-refractivity contribution is 9.12. The van der Waals surface area contributed by atoms with Crippen molar-refractivity contribution in [2.75, 3.05) is 0 Å². The van der Waals surface area contributed by atoms with E-state index in [0.717, 1.165) is 6.08 Å². The molecule has 1 aliphatic carbocycles. The van der Waals surface area contributed by atoms with E-state index >= 15 is 0 Å². The first-order valence-electron chi connectivity index (χ1n) is 3.86. The fourth-order valence-corrected chi connectivity index (χ4v) is 2.60. The second-order valence-corrected chi connectivity index (χ2v) is 5.33. The van der Waals surface area contributed by atoms with Crippen molar-refractivity contribution in [3.8, 4) is 0 Å². The number of hydrogen-bond acceptors (Lipinski definition) is 2. The Morgan fingerprint density at radius 3 is 2.38 bits per heavy atom. The molecule has 2 N–H and O–H groups in total. The second kappa shape index (κ2) is 4.15. The number of carbonyl (C=O) groups is 1. The van der Waals surface area contributed by atoms with Crippen LogP contribution < -0.4 is 0 Å². The zero-order valence-corrected chi connectivity index (χ0v) is 10.6. The van der Waals surface area contributed by atoms with Crippen molar-refractivity contribution in [1.82, 2.24) is 0 Å². The van der Waals surface area contributed by atoms with Crippen LogP contribution >= 0.6 is 31.9 Å². The molecular formula is C8H5Br2F3O3. The van der Waals surface area contributed by atoms with Crippen LogP contribution in [0.5, 0.6) is 0 Å². The van der Waals surface area contributed by atoms with Gasteiger partial charge in [-0.05, 0) is 12.2 Å². The molecule has 8 heteroatoms. The fourth-order valence-electron chi connectivity index (χ4n) is 1.19. The fraction of sp³-hybridized carbons (Fsp3) is 0.375. The second-order valence-electron chi connectivity index (χ2n) is 3.10. The largest absolute Gasteiger partial charge is 0.478 e. The summed E-state index contributed by atoms with van der Waals surface area (Å²) in [4.78, 5) is 10.7. The number of aliphatic hydroxyl groups excluding tert-OH is 1. The molecule has 0 aromatic rings. The highest BCUT2D eigenvalue weighted by atomic mass is 79.9. The van der Waals surface area contributed by atoms with Crippen LogP contribution in [-0.4, -0.2) is 32.8 Å². The van der Waals surface area contributed by atoms with Gasteiger partial charge < -0.3 is 10.2 Å². The SMILES string of the molecule is O=C(O)C1=CC(Br)=CC(Br)(C(F)(F)F)C1O. The highest BCUT2D eigenvalue weighted by Gasteiger charge is 2.59. The molecule has 2 atom stereocenters. The first-order chi connectivity index (χ1) is 7.09.